The number of unbranched alkanes of at least 4 members (excludes halogenated alkanes) is 11. The Morgan fingerprint density at radius 1 is 0.469 bits per heavy atom. The number of aliphatic carboxylic acids is 2. The third kappa shape index (κ3) is 31.1. The lowest BCUT2D eigenvalue weighted by molar-refractivity contribution is -0.145. The van der Waals surface area contributed by atoms with E-state index in [9.17, 15) is 78.0 Å². The number of aliphatic hydroxyl groups excluding tert-OH is 2. The number of aliphatic hydroxyl groups is 2. The second-order valence-corrected chi connectivity index (χ2v) is 21.2. The number of nitrogens with one attached hydrogen (secondary N) is 8. The molecule has 0 saturated carbocycles. The predicted molar refractivity (Wildman–Crippen MR) is 299 cm³/mol. The molecule has 0 spiro atoms. The van der Waals surface area contributed by atoms with E-state index in [-0.39, 0.29) is 43.9 Å². The van der Waals surface area contributed by atoms with Gasteiger partial charge in [-0.1, -0.05) is 125 Å². The Balaban J connectivity index is 6.63. The van der Waals surface area contributed by atoms with Gasteiger partial charge in [-0.05, 0) is 37.5 Å². The van der Waals surface area contributed by atoms with E-state index >= 15 is 0 Å². The van der Waals surface area contributed by atoms with Crippen LogP contribution < -0.4 is 48.3 Å². The Morgan fingerprint density at radius 2 is 0.827 bits per heavy atom. The number of carbonyl (C=O) groups is 12. The summed E-state index contributed by atoms with van der Waals surface area (Å²) in [6.07, 6.45) is 14.0. The van der Waals surface area contributed by atoms with Crippen LogP contribution in [0.1, 0.15) is 177 Å². The van der Waals surface area contributed by atoms with E-state index in [1.54, 1.807) is 27.7 Å². The first-order chi connectivity index (χ1) is 38.2. The SMILES string of the molecule is C#CC[C@H](NC(C)=O)C(=O)NC(CCCCCCCC)C(=O)N[C@@H](CO)C(=O)N[C@@H](CC(C)C)C(=O)N[C@@H](CO)C(=O)N(C)[C@@H](CC(C)C)C(=O)N[C@@H](CC(=O)O)C(=O)N[C@@H](CCCCCCCCC)C(=O)N[C@@H](CC(=O)O)C(N)=O. The van der Waals surface area contributed by atoms with Crippen molar-refractivity contribution in [3.05, 3.63) is 0 Å². The quantitative estimate of drug-likeness (QED) is 0.0285. The minimum Gasteiger partial charge on any atom is -0.481 e. The summed E-state index contributed by atoms with van der Waals surface area (Å²) in [7, 11) is 1.17. The molecule has 10 amide bonds. The molecular formula is C55H94N10O16. The Hall–Kier alpha value is -6.88. The number of likely N-dealkylation sites (N-methyl/N-ethyl adjacent to an activating group) is 1. The highest BCUT2D eigenvalue weighted by Crippen LogP contribution is 2.16. The summed E-state index contributed by atoms with van der Waals surface area (Å²) in [4.78, 5) is 159. The normalized spacial score (nSPS) is 14.4. The molecule has 1 unspecified atom stereocenters. The Morgan fingerprint density at radius 3 is 1.25 bits per heavy atom. The van der Waals surface area contributed by atoms with Gasteiger partial charge in [-0.2, -0.15) is 0 Å². The van der Waals surface area contributed by atoms with Crippen LogP contribution in [-0.4, -0.2) is 171 Å². The van der Waals surface area contributed by atoms with Gasteiger partial charge in [-0.15, -0.1) is 12.3 Å². The molecule has 0 bridgehead atoms. The molecule has 0 rings (SSSR count). The number of terminal acetylenes is 1. The minimum atomic E-state index is -1.86. The molecular weight excluding hydrogens is 1060 g/mol. The molecule has 0 heterocycles. The highest BCUT2D eigenvalue weighted by atomic mass is 16.4. The lowest BCUT2D eigenvalue weighted by Crippen LogP contribution is -2.61. The summed E-state index contributed by atoms with van der Waals surface area (Å²) >= 11 is 0. The van der Waals surface area contributed by atoms with Gasteiger partial charge in [0.1, 0.15) is 54.4 Å². The Bertz CT molecular complexity index is 2100. The standard InChI is InChI=1S/C55H94N10O16/c1-10-13-15-17-19-21-23-25-37(49(75)60-39(47(56)73)29-45(69)70)59-52(78)41(30-46(71)72)62-54(80)44(28-34(6)7)65(9)55(81)43(32-67)64-51(77)40(27-33(4)5)61-53(79)42(31-66)63-50(76)38(26-22-20-18-16-14-11-2)58-48(74)36(24-12-3)57-35(8)68/h3,33-34,36-44,66-67H,10-11,13-32H2,1-2,4-9H3,(H2,56,73)(H,57,68)(H,58,74)(H,59,78)(H,60,75)(H,61,79)(H,62,80)(H,63,76)(H,64,77)(H,69,70)(H,71,72)/t36-,37-,38?,39-,40-,41-,42-,43-,44-/m0/s1. The van der Waals surface area contributed by atoms with Crippen LogP contribution in [0.15, 0.2) is 0 Å². The number of carboxylic acid groups (broad SMARTS) is 2. The van der Waals surface area contributed by atoms with Gasteiger partial charge in [0, 0.05) is 20.4 Å². The first-order valence-electron chi connectivity index (χ1n) is 28.2. The number of hydrogen-bond donors (Lipinski definition) is 13. The highest BCUT2D eigenvalue weighted by molar-refractivity contribution is 5.99. The molecule has 26 heteroatoms. The van der Waals surface area contributed by atoms with Crippen LogP contribution in [0, 0.1) is 24.2 Å². The molecule has 0 aliphatic heterocycles. The molecule has 9 atom stereocenters. The van der Waals surface area contributed by atoms with Crippen LogP contribution in [0.4, 0.5) is 0 Å². The molecule has 0 aliphatic rings. The second kappa shape index (κ2) is 41.2. The summed E-state index contributed by atoms with van der Waals surface area (Å²) in [6, 6.07) is -13.7. The Kier molecular flexibility index (Phi) is 37.7. The maximum absolute atomic E-state index is 14.2. The summed E-state index contributed by atoms with van der Waals surface area (Å²) < 4.78 is 0. The van der Waals surface area contributed by atoms with Crippen LogP contribution in [0.25, 0.3) is 0 Å². The predicted octanol–water partition coefficient (Wildman–Crippen LogP) is 0.138. The number of primary amides is 1. The number of rotatable bonds is 44. The smallest absolute Gasteiger partial charge is 0.305 e. The van der Waals surface area contributed by atoms with E-state index < -0.39 is 151 Å². The van der Waals surface area contributed by atoms with Crippen LogP contribution in [0.5, 0.6) is 0 Å². The molecule has 0 aromatic carbocycles. The van der Waals surface area contributed by atoms with Crippen molar-refractivity contribution >= 4 is 71.0 Å². The number of hydrogen-bond acceptors (Lipinski definition) is 14. The molecule has 0 radical (unpaired) electrons. The van der Waals surface area contributed by atoms with Gasteiger partial charge in [0.25, 0.3) is 0 Å². The van der Waals surface area contributed by atoms with Crippen molar-refractivity contribution in [1.82, 2.24) is 47.4 Å². The molecule has 14 N–H and O–H groups in total. The molecule has 81 heavy (non-hydrogen) atoms. The van der Waals surface area contributed by atoms with E-state index in [1.807, 2.05) is 0 Å². The zero-order chi connectivity index (χ0) is 61.8. The van der Waals surface area contributed by atoms with Crippen LogP contribution in [-0.2, 0) is 57.5 Å². The van der Waals surface area contributed by atoms with Crippen molar-refractivity contribution in [3.8, 4) is 12.3 Å². The van der Waals surface area contributed by atoms with Gasteiger partial charge in [0.15, 0.2) is 0 Å². The minimum absolute atomic E-state index is 0.0297. The van der Waals surface area contributed by atoms with E-state index in [0.717, 1.165) is 62.7 Å². The largest absolute Gasteiger partial charge is 0.481 e. The van der Waals surface area contributed by atoms with Gasteiger partial charge >= 0.3 is 11.9 Å². The fourth-order valence-electron chi connectivity index (χ4n) is 8.60. The molecule has 0 fully saturated rings. The van der Waals surface area contributed by atoms with Gasteiger partial charge in [0.2, 0.25) is 59.1 Å². The monoisotopic (exact) mass is 1150 g/mol. The van der Waals surface area contributed by atoms with Crippen molar-refractivity contribution in [1.29, 1.82) is 0 Å². The summed E-state index contributed by atoms with van der Waals surface area (Å²) in [5.74, 6) is -10.9. The maximum atomic E-state index is 14.2. The molecule has 0 saturated heterocycles. The second-order valence-electron chi connectivity index (χ2n) is 21.2. The zero-order valence-corrected chi connectivity index (χ0v) is 48.7. The third-order valence-electron chi connectivity index (χ3n) is 13.0. The first kappa shape index (κ1) is 74.1. The molecule has 26 nitrogen and oxygen atoms in total. The number of carboxylic acids is 2. The van der Waals surface area contributed by atoms with Crippen LogP contribution >= 0.6 is 0 Å². The zero-order valence-electron chi connectivity index (χ0n) is 48.7. The first-order valence-corrected chi connectivity index (χ1v) is 28.2. The van der Waals surface area contributed by atoms with Gasteiger partial charge in [-0.25, -0.2) is 0 Å². The summed E-state index contributed by atoms with van der Waals surface area (Å²) in [5.41, 5.74) is 5.33. The number of carbonyl (C=O) groups excluding carboxylic acids is 10. The highest BCUT2D eigenvalue weighted by Gasteiger charge is 2.38. The maximum Gasteiger partial charge on any atom is 0.305 e. The average Bonchev–Trinajstić information content (AvgIpc) is 3.38. The number of nitrogens with two attached hydrogens (primary N) is 1. The third-order valence-corrected chi connectivity index (χ3v) is 13.0. The average molecular weight is 1150 g/mol. The van der Waals surface area contributed by atoms with Gasteiger partial charge in [0.05, 0.1) is 26.1 Å². The van der Waals surface area contributed by atoms with Gasteiger partial charge in [-0.3, -0.25) is 57.5 Å². The van der Waals surface area contributed by atoms with Crippen LogP contribution in [0.2, 0.25) is 0 Å². The van der Waals surface area contributed by atoms with Crippen molar-refractivity contribution in [3.63, 3.8) is 0 Å². The fourth-order valence-corrected chi connectivity index (χ4v) is 8.60. The van der Waals surface area contributed by atoms with Crippen molar-refractivity contribution in [2.45, 2.75) is 231 Å². The lowest BCUT2D eigenvalue weighted by Gasteiger charge is -2.33. The number of amides is 10. The molecule has 460 valence electrons. The topological polar surface area (TPSA) is 411 Å². The Labute approximate surface area is 476 Å². The fraction of sp³-hybridized carbons (Fsp3) is 0.745. The molecule has 0 aromatic heterocycles. The van der Waals surface area contributed by atoms with E-state index in [1.165, 1.54) is 14.0 Å². The summed E-state index contributed by atoms with van der Waals surface area (Å²) in [6.45, 7) is 10.1. The molecule has 0 aliphatic carbocycles. The van der Waals surface area contributed by atoms with Crippen molar-refractivity contribution in [2.75, 3.05) is 20.3 Å². The lowest BCUT2D eigenvalue weighted by atomic mass is 9.99. The van der Waals surface area contributed by atoms with E-state index in [4.69, 9.17) is 12.2 Å². The number of nitrogens with zero attached hydrogens (tertiary/aromatic N) is 1. The molecule has 0 aromatic rings. The van der Waals surface area contributed by atoms with E-state index in [0.29, 0.717) is 25.7 Å². The van der Waals surface area contributed by atoms with Crippen molar-refractivity contribution < 1.29 is 78.0 Å². The van der Waals surface area contributed by atoms with E-state index in [2.05, 4.69) is 62.3 Å². The van der Waals surface area contributed by atoms with Crippen molar-refractivity contribution in [2.24, 2.45) is 17.6 Å². The van der Waals surface area contributed by atoms with Crippen LogP contribution in [0.3, 0.4) is 0 Å². The summed E-state index contributed by atoms with van der Waals surface area (Å²) in [5, 5.41) is 59.3. The van der Waals surface area contributed by atoms with Gasteiger partial charge < -0.3 is 73.6 Å².